The zero-order valence-corrected chi connectivity index (χ0v) is 11.8. The number of hydrogen-bond donors (Lipinski definition) is 2. The molecule has 1 saturated carbocycles. The summed E-state index contributed by atoms with van der Waals surface area (Å²) in [6.45, 7) is 0.551. The van der Waals surface area contributed by atoms with E-state index in [-0.39, 0.29) is 11.2 Å². The van der Waals surface area contributed by atoms with Gasteiger partial charge >= 0.3 is 6.18 Å². The number of aliphatic hydroxyl groups is 1. The van der Waals surface area contributed by atoms with E-state index in [0.29, 0.717) is 23.8 Å². The highest BCUT2D eigenvalue weighted by Gasteiger charge is 2.35. The van der Waals surface area contributed by atoms with Crippen LogP contribution in [0.25, 0.3) is 0 Å². The molecule has 2 rings (SSSR count). The Hall–Kier alpha value is -0.890. The maximum Gasteiger partial charge on any atom is 0.445 e. The molecule has 4 nitrogen and oxygen atoms in total. The summed E-state index contributed by atoms with van der Waals surface area (Å²) in [4.78, 5) is 0. The van der Waals surface area contributed by atoms with Gasteiger partial charge in [0.2, 0.25) is 10.1 Å². The molecular formula is C12H18F3N3OS. The van der Waals surface area contributed by atoms with Crippen molar-refractivity contribution in [1.29, 1.82) is 0 Å². The standard InChI is InChI=1S/C12H18F3N3OS/c13-12(14,15)10-17-18-11(20-10)16-7-3-5-8-4-1-2-6-9(8)19/h8-9,19H,1-7H2,(H,16,18)/t8-,9+/m0/s1. The molecule has 1 aromatic heterocycles. The second-order valence-electron chi connectivity index (χ2n) is 5.09. The van der Waals surface area contributed by atoms with Crippen LogP contribution in [0.15, 0.2) is 0 Å². The van der Waals surface area contributed by atoms with Gasteiger partial charge in [0.25, 0.3) is 0 Å². The fourth-order valence-corrected chi connectivity index (χ4v) is 3.13. The van der Waals surface area contributed by atoms with E-state index in [1.54, 1.807) is 0 Å². The predicted molar refractivity (Wildman–Crippen MR) is 70.6 cm³/mol. The fraction of sp³-hybridized carbons (Fsp3) is 0.833. The third-order valence-electron chi connectivity index (χ3n) is 3.56. The summed E-state index contributed by atoms with van der Waals surface area (Å²) < 4.78 is 37.0. The molecule has 0 spiro atoms. The van der Waals surface area contributed by atoms with Crippen molar-refractivity contribution in [3.63, 3.8) is 0 Å². The second kappa shape index (κ2) is 6.71. The van der Waals surface area contributed by atoms with Crippen molar-refractivity contribution in [2.24, 2.45) is 5.92 Å². The quantitative estimate of drug-likeness (QED) is 0.819. The highest BCUT2D eigenvalue weighted by Crippen LogP contribution is 2.33. The number of aromatic nitrogens is 2. The molecule has 0 aliphatic heterocycles. The van der Waals surface area contributed by atoms with E-state index in [4.69, 9.17) is 0 Å². The van der Waals surface area contributed by atoms with Crippen molar-refractivity contribution < 1.29 is 18.3 Å². The highest BCUT2D eigenvalue weighted by molar-refractivity contribution is 7.15. The minimum Gasteiger partial charge on any atom is -0.393 e. The maximum absolute atomic E-state index is 12.3. The molecule has 0 aromatic carbocycles. The average molecular weight is 309 g/mol. The van der Waals surface area contributed by atoms with Crippen molar-refractivity contribution in [3.8, 4) is 0 Å². The minimum atomic E-state index is -4.43. The third kappa shape index (κ3) is 4.31. The number of anilines is 1. The molecule has 1 aliphatic carbocycles. The predicted octanol–water partition coefficient (Wildman–Crippen LogP) is 3.30. The zero-order valence-electron chi connectivity index (χ0n) is 11.0. The van der Waals surface area contributed by atoms with Gasteiger partial charge in [-0.05, 0) is 31.6 Å². The van der Waals surface area contributed by atoms with Gasteiger partial charge in [-0.2, -0.15) is 13.2 Å². The lowest BCUT2D eigenvalue weighted by Crippen LogP contribution is -2.24. The number of nitrogens with one attached hydrogen (secondary N) is 1. The third-order valence-corrected chi connectivity index (χ3v) is 4.49. The smallest absolute Gasteiger partial charge is 0.393 e. The van der Waals surface area contributed by atoms with Gasteiger partial charge in [-0.15, -0.1) is 10.2 Å². The van der Waals surface area contributed by atoms with E-state index in [9.17, 15) is 18.3 Å². The lowest BCUT2D eigenvalue weighted by atomic mass is 9.83. The Labute approximate surface area is 119 Å². The van der Waals surface area contributed by atoms with E-state index in [0.717, 1.165) is 38.5 Å². The lowest BCUT2D eigenvalue weighted by Gasteiger charge is -2.27. The number of nitrogens with zero attached hydrogens (tertiary/aromatic N) is 2. The van der Waals surface area contributed by atoms with Crippen LogP contribution in [0.4, 0.5) is 18.3 Å². The first kappa shape index (κ1) is 15.5. The van der Waals surface area contributed by atoms with Gasteiger partial charge in [-0.1, -0.05) is 24.2 Å². The van der Waals surface area contributed by atoms with E-state index >= 15 is 0 Å². The van der Waals surface area contributed by atoms with Crippen molar-refractivity contribution in [3.05, 3.63) is 5.01 Å². The molecule has 0 amide bonds. The number of hydrogen-bond acceptors (Lipinski definition) is 5. The summed E-state index contributed by atoms with van der Waals surface area (Å²) in [5.74, 6) is 0.325. The van der Waals surface area contributed by atoms with Crippen molar-refractivity contribution in [2.75, 3.05) is 11.9 Å². The number of rotatable bonds is 5. The first-order valence-corrected chi connectivity index (χ1v) is 7.61. The van der Waals surface area contributed by atoms with Crippen molar-refractivity contribution in [1.82, 2.24) is 10.2 Å². The molecular weight excluding hydrogens is 291 g/mol. The van der Waals surface area contributed by atoms with Gasteiger partial charge in [0.1, 0.15) is 0 Å². The summed E-state index contributed by atoms with van der Waals surface area (Å²) in [5.41, 5.74) is 0. The van der Waals surface area contributed by atoms with Gasteiger partial charge in [0.05, 0.1) is 6.10 Å². The number of aliphatic hydroxyl groups excluding tert-OH is 1. The molecule has 0 radical (unpaired) electrons. The molecule has 2 atom stereocenters. The van der Waals surface area contributed by atoms with Crippen LogP contribution in [-0.2, 0) is 6.18 Å². The number of halogens is 3. The molecule has 1 fully saturated rings. The van der Waals surface area contributed by atoms with Crippen LogP contribution >= 0.6 is 11.3 Å². The Balaban J connectivity index is 1.69. The lowest BCUT2D eigenvalue weighted by molar-refractivity contribution is -0.138. The van der Waals surface area contributed by atoms with Gasteiger partial charge in [-0.3, -0.25) is 0 Å². The van der Waals surface area contributed by atoms with E-state index in [1.165, 1.54) is 0 Å². The molecule has 1 aromatic rings. The Morgan fingerprint density at radius 2 is 2.00 bits per heavy atom. The molecule has 0 saturated heterocycles. The summed E-state index contributed by atoms with van der Waals surface area (Å²) in [7, 11) is 0. The second-order valence-corrected chi connectivity index (χ2v) is 6.07. The first-order valence-electron chi connectivity index (χ1n) is 6.79. The van der Waals surface area contributed by atoms with Gasteiger partial charge < -0.3 is 10.4 Å². The Kier molecular flexibility index (Phi) is 5.20. The van der Waals surface area contributed by atoms with Gasteiger partial charge in [-0.25, -0.2) is 0 Å². The van der Waals surface area contributed by atoms with Crippen LogP contribution in [0.5, 0.6) is 0 Å². The van der Waals surface area contributed by atoms with Gasteiger partial charge in [0.15, 0.2) is 0 Å². The highest BCUT2D eigenvalue weighted by atomic mass is 32.1. The van der Waals surface area contributed by atoms with Gasteiger partial charge in [0, 0.05) is 6.54 Å². The first-order chi connectivity index (χ1) is 9.47. The molecule has 1 aliphatic rings. The number of alkyl halides is 3. The topological polar surface area (TPSA) is 58.0 Å². The summed E-state index contributed by atoms with van der Waals surface area (Å²) in [6, 6.07) is 0. The van der Waals surface area contributed by atoms with Crippen LogP contribution < -0.4 is 5.32 Å². The Bertz CT molecular complexity index is 424. The molecule has 0 bridgehead atoms. The normalized spacial score (nSPS) is 23.8. The van der Waals surface area contributed by atoms with Crippen LogP contribution in [0.3, 0.4) is 0 Å². The summed E-state index contributed by atoms with van der Waals surface area (Å²) >= 11 is 0.519. The maximum atomic E-state index is 12.3. The van der Waals surface area contributed by atoms with Crippen molar-refractivity contribution >= 4 is 16.5 Å². The van der Waals surface area contributed by atoms with E-state index < -0.39 is 11.2 Å². The average Bonchev–Trinajstić information content (AvgIpc) is 2.85. The molecule has 20 heavy (non-hydrogen) atoms. The van der Waals surface area contributed by atoms with Crippen LogP contribution in [-0.4, -0.2) is 28.0 Å². The SMILES string of the molecule is O[C@@H]1CCCC[C@H]1CCCNc1nnc(C(F)(F)F)s1. The van der Waals surface area contributed by atoms with Crippen LogP contribution in [0.2, 0.25) is 0 Å². The van der Waals surface area contributed by atoms with E-state index in [1.807, 2.05) is 0 Å². The van der Waals surface area contributed by atoms with Crippen molar-refractivity contribution in [2.45, 2.75) is 50.8 Å². The molecule has 1 heterocycles. The Morgan fingerprint density at radius 3 is 2.65 bits per heavy atom. The largest absolute Gasteiger partial charge is 0.445 e. The van der Waals surface area contributed by atoms with E-state index in [2.05, 4.69) is 15.5 Å². The monoisotopic (exact) mass is 309 g/mol. The summed E-state index contributed by atoms with van der Waals surface area (Å²) in [5, 5.41) is 18.5. The molecule has 0 unspecified atom stereocenters. The molecule has 2 N–H and O–H groups in total. The Morgan fingerprint density at radius 1 is 1.25 bits per heavy atom. The molecule has 114 valence electrons. The summed E-state index contributed by atoms with van der Waals surface area (Å²) in [6.07, 6.45) is 1.19. The molecule has 8 heteroatoms. The minimum absolute atomic E-state index is 0.196. The zero-order chi connectivity index (χ0) is 14.6. The van der Waals surface area contributed by atoms with Crippen LogP contribution in [0.1, 0.15) is 43.5 Å². The van der Waals surface area contributed by atoms with Crippen LogP contribution in [0, 0.1) is 5.92 Å². The fourth-order valence-electron chi connectivity index (χ4n) is 2.49.